The molecule has 2 heterocycles. The summed E-state index contributed by atoms with van der Waals surface area (Å²) >= 11 is 4.47. The van der Waals surface area contributed by atoms with Crippen LogP contribution in [0.3, 0.4) is 0 Å². The number of pyridine rings is 1. The predicted molar refractivity (Wildman–Crippen MR) is 96.8 cm³/mol. The minimum Gasteiger partial charge on any atom is -0.365 e. The molecule has 1 aromatic heterocycles. The van der Waals surface area contributed by atoms with E-state index in [0.717, 1.165) is 17.7 Å². The number of aromatic nitrogens is 1. The van der Waals surface area contributed by atoms with Gasteiger partial charge >= 0.3 is 6.18 Å². The highest BCUT2D eigenvalue weighted by molar-refractivity contribution is 7.80. The van der Waals surface area contributed by atoms with Crippen LogP contribution in [-0.4, -0.2) is 16.7 Å². The van der Waals surface area contributed by atoms with Gasteiger partial charge < -0.3 is 9.47 Å². The summed E-state index contributed by atoms with van der Waals surface area (Å²) in [6.45, 7) is 6.24. The maximum absolute atomic E-state index is 13.5. The molecule has 25 heavy (non-hydrogen) atoms. The summed E-state index contributed by atoms with van der Waals surface area (Å²) in [5.74, 6) is 0. The maximum Gasteiger partial charge on any atom is 0.417 e. The van der Waals surface area contributed by atoms with Gasteiger partial charge in [-0.3, -0.25) is 4.79 Å². The van der Waals surface area contributed by atoms with Gasteiger partial charge in [0.1, 0.15) is 0 Å². The third kappa shape index (κ3) is 2.72. The van der Waals surface area contributed by atoms with Crippen molar-refractivity contribution in [3.05, 3.63) is 33.6 Å². The molecule has 0 radical (unpaired) electrons. The van der Waals surface area contributed by atoms with Crippen LogP contribution in [0.5, 0.6) is 0 Å². The number of rotatable bonds is 2. The van der Waals surface area contributed by atoms with Crippen LogP contribution in [0.15, 0.2) is 21.8 Å². The summed E-state index contributed by atoms with van der Waals surface area (Å²) in [6.07, 6.45) is -3.03. The summed E-state index contributed by atoms with van der Waals surface area (Å²) in [4.78, 5) is 14.6. The van der Waals surface area contributed by atoms with Gasteiger partial charge in [-0.25, -0.2) is 0 Å². The van der Waals surface area contributed by atoms with Crippen molar-refractivity contribution < 1.29 is 13.2 Å². The molecule has 0 aliphatic carbocycles. The number of halogens is 3. The van der Waals surface area contributed by atoms with Gasteiger partial charge in [-0.05, 0) is 38.3 Å². The maximum atomic E-state index is 13.5. The van der Waals surface area contributed by atoms with Crippen LogP contribution in [0.4, 0.5) is 18.9 Å². The van der Waals surface area contributed by atoms with Crippen molar-refractivity contribution in [1.82, 2.24) is 4.57 Å². The summed E-state index contributed by atoms with van der Waals surface area (Å²) in [5, 5.41) is 0.00915. The molecule has 3 nitrogen and oxygen atoms in total. The van der Waals surface area contributed by atoms with E-state index in [1.165, 1.54) is 11.6 Å². The highest BCUT2D eigenvalue weighted by atomic mass is 32.1. The number of thiol groups is 1. The Bertz CT molecular complexity index is 904. The fourth-order valence-electron chi connectivity index (χ4n) is 3.78. The Morgan fingerprint density at radius 2 is 2.00 bits per heavy atom. The highest BCUT2D eigenvalue weighted by Gasteiger charge is 2.37. The molecule has 1 aliphatic rings. The molecule has 0 saturated heterocycles. The van der Waals surface area contributed by atoms with Crippen molar-refractivity contribution in [1.29, 1.82) is 0 Å². The van der Waals surface area contributed by atoms with E-state index in [1.54, 1.807) is 6.07 Å². The summed E-state index contributed by atoms with van der Waals surface area (Å²) in [6, 6.07) is 2.82. The second-order valence-electron chi connectivity index (χ2n) is 6.79. The van der Waals surface area contributed by atoms with Crippen molar-refractivity contribution in [2.45, 2.75) is 56.8 Å². The molecule has 0 saturated carbocycles. The highest BCUT2D eigenvalue weighted by Crippen LogP contribution is 2.45. The minimum atomic E-state index is -4.60. The summed E-state index contributed by atoms with van der Waals surface area (Å²) in [5.41, 5.74) is 0.397. The molecular formula is C18H21F3N2OS. The monoisotopic (exact) mass is 370 g/mol. The number of anilines is 1. The van der Waals surface area contributed by atoms with Gasteiger partial charge in [-0.2, -0.15) is 13.2 Å². The number of hydrogen-bond acceptors (Lipinski definition) is 3. The van der Waals surface area contributed by atoms with E-state index < -0.39 is 17.3 Å². The van der Waals surface area contributed by atoms with Gasteiger partial charge in [0.25, 0.3) is 5.56 Å². The van der Waals surface area contributed by atoms with Crippen LogP contribution in [0.2, 0.25) is 0 Å². The third-order valence-electron chi connectivity index (χ3n) is 5.21. The van der Waals surface area contributed by atoms with Crippen LogP contribution in [0, 0.1) is 0 Å². The molecule has 136 valence electrons. The first-order valence-corrected chi connectivity index (χ1v) is 8.76. The lowest BCUT2D eigenvalue weighted by Gasteiger charge is -2.31. The Morgan fingerprint density at radius 3 is 2.56 bits per heavy atom. The smallest absolute Gasteiger partial charge is 0.365 e. The van der Waals surface area contributed by atoms with E-state index in [9.17, 15) is 18.0 Å². The zero-order valence-corrected chi connectivity index (χ0v) is 15.5. The van der Waals surface area contributed by atoms with Crippen molar-refractivity contribution in [3.63, 3.8) is 0 Å². The molecule has 0 amide bonds. The largest absolute Gasteiger partial charge is 0.417 e. The molecule has 0 N–H and O–H groups in total. The van der Waals surface area contributed by atoms with E-state index in [-0.39, 0.29) is 23.0 Å². The topological polar surface area (TPSA) is 25.2 Å². The van der Waals surface area contributed by atoms with E-state index >= 15 is 0 Å². The van der Waals surface area contributed by atoms with Crippen molar-refractivity contribution in [3.8, 4) is 0 Å². The van der Waals surface area contributed by atoms with Crippen molar-refractivity contribution >= 4 is 29.2 Å². The molecule has 0 bridgehead atoms. The number of benzene rings is 1. The molecule has 1 aliphatic heterocycles. The molecule has 2 aromatic rings. The van der Waals surface area contributed by atoms with Gasteiger partial charge in [-0.15, -0.1) is 12.6 Å². The zero-order valence-electron chi connectivity index (χ0n) is 14.6. The average Bonchev–Trinajstić information content (AvgIpc) is 2.86. The standard InChI is InChI=1S/C18H21F3N2OS/c1-5-9(2)23-10(3)6-11-13(23)8-14-16(17(11)25)12(18(19,20)21)7-15(24)22(14)4/h7-10,25H,5-6H2,1-4H3. The Kier molecular flexibility index (Phi) is 4.34. The quantitative estimate of drug-likeness (QED) is 0.793. The van der Waals surface area contributed by atoms with Crippen LogP contribution < -0.4 is 10.5 Å². The van der Waals surface area contributed by atoms with Gasteiger partial charge in [-0.1, -0.05) is 6.92 Å². The van der Waals surface area contributed by atoms with Crippen molar-refractivity contribution in [2.24, 2.45) is 7.05 Å². The normalized spacial score (nSPS) is 18.7. The number of nitrogens with zero attached hydrogens (tertiary/aromatic N) is 2. The first-order valence-electron chi connectivity index (χ1n) is 8.32. The Hall–Kier alpha value is -1.63. The van der Waals surface area contributed by atoms with Crippen LogP contribution >= 0.6 is 12.6 Å². The summed E-state index contributed by atoms with van der Waals surface area (Å²) in [7, 11) is 1.50. The van der Waals surface area contributed by atoms with E-state index in [4.69, 9.17) is 0 Å². The van der Waals surface area contributed by atoms with Crippen molar-refractivity contribution in [2.75, 3.05) is 4.90 Å². The number of fused-ring (bicyclic) bond motifs is 2. The number of alkyl halides is 3. The first kappa shape index (κ1) is 18.2. The fourth-order valence-corrected chi connectivity index (χ4v) is 4.22. The predicted octanol–water partition coefficient (Wildman–Crippen LogP) is 4.40. The average molecular weight is 370 g/mol. The van der Waals surface area contributed by atoms with E-state index in [2.05, 4.69) is 38.3 Å². The molecule has 2 atom stereocenters. The summed E-state index contributed by atoms with van der Waals surface area (Å²) < 4.78 is 41.8. The van der Waals surface area contributed by atoms with Crippen LogP contribution in [-0.2, 0) is 19.6 Å². The van der Waals surface area contributed by atoms with E-state index in [1.807, 2.05) is 0 Å². The van der Waals surface area contributed by atoms with Gasteiger partial charge in [0.15, 0.2) is 0 Å². The zero-order chi connectivity index (χ0) is 18.7. The van der Waals surface area contributed by atoms with Crippen LogP contribution in [0.1, 0.15) is 38.3 Å². The molecule has 0 fully saturated rings. The lowest BCUT2D eigenvalue weighted by molar-refractivity contribution is -0.136. The Balaban J connectivity index is 2.42. The molecule has 1 aromatic carbocycles. The lowest BCUT2D eigenvalue weighted by Crippen LogP contribution is -2.37. The second-order valence-corrected chi connectivity index (χ2v) is 7.23. The Morgan fingerprint density at radius 1 is 1.36 bits per heavy atom. The van der Waals surface area contributed by atoms with Crippen LogP contribution in [0.25, 0.3) is 10.9 Å². The molecule has 7 heteroatoms. The number of aryl methyl sites for hydroxylation is 1. The Labute approximate surface area is 149 Å². The minimum absolute atomic E-state index is 0.00915. The van der Waals surface area contributed by atoms with Gasteiger partial charge in [0, 0.05) is 41.2 Å². The lowest BCUT2D eigenvalue weighted by atomic mass is 10.0. The molecule has 3 rings (SSSR count). The SMILES string of the molecule is CCC(C)N1c2cc3c(c(C(F)(F)F)cc(=O)n3C)c(S)c2CC1C. The van der Waals surface area contributed by atoms with Gasteiger partial charge in [0.05, 0.1) is 11.1 Å². The second kappa shape index (κ2) is 5.97. The fraction of sp³-hybridized carbons (Fsp3) is 0.500. The first-order chi connectivity index (χ1) is 11.6. The number of hydrogen-bond donors (Lipinski definition) is 1. The third-order valence-corrected chi connectivity index (χ3v) is 5.71. The molecular weight excluding hydrogens is 349 g/mol. The van der Waals surface area contributed by atoms with E-state index in [0.29, 0.717) is 17.4 Å². The van der Waals surface area contributed by atoms with Gasteiger partial charge in [0.2, 0.25) is 0 Å². The molecule has 0 spiro atoms. The molecule has 2 unspecified atom stereocenters.